The molecule has 0 radical (unpaired) electrons. The fourth-order valence-corrected chi connectivity index (χ4v) is 2.12. The summed E-state index contributed by atoms with van der Waals surface area (Å²) < 4.78 is 11.5. The summed E-state index contributed by atoms with van der Waals surface area (Å²) >= 11 is 6.38. The molecule has 0 N–H and O–H groups in total. The van der Waals surface area contributed by atoms with Crippen LogP contribution in [0.4, 0.5) is 0 Å². The van der Waals surface area contributed by atoms with Crippen molar-refractivity contribution in [2.45, 2.75) is 13.0 Å². The summed E-state index contributed by atoms with van der Waals surface area (Å²) in [4.78, 5) is 23.9. The van der Waals surface area contributed by atoms with Gasteiger partial charge in [0.25, 0.3) is 0 Å². The Morgan fingerprint density at radius 1 is 1.10 bits per heavy atom. The molecule has 0 bridgehead atoms. The summed E-state index contributed by atoms with van der Waals surface area (Å²) in [6.45, 7) is 1.53. The van der Waals surface area contributed by atoms with Crippen LogP contribution >= 0.6 is 31.9 Å². The van der Waals surface area contributed by atoms with Gasteiger partial charge in [-0.3, -0.25) is 4.79 Å². The first kappa shape index (κ1) is 15.0. The third-order valence-electron chi connectivity index (χ3n) is 2.56. The predicted molar refractivity (Wildman–Crippen MR) is 79.8 cm³/mol. The minimum atomic E-state index is -0.882. The van der Waals surface area contributed by atoms with Crippen LogP contribution in [-0.4, -0.2) is 17.9 Å². The monoisotopic (exact) mass is 400 g/mol. The zero-order valence-electron chi connectivity index (χ0n) is 10.4. The van der Waals surface area contributed by atoms with Gasteiger partial charge in [-0.1, -0.05) is 28.1 Å². The third-order valence-corrected chi connectivity index (χ3v) is 3.51. The van der Waals surface area contributed by atoms with Gasteiger partial charge in [0.1, 0.15) is 0 Å². The van der Waals surface area contributed by atoms with Gasteiger partial charge in [0, 0.05) is 10.0 Å². The van der Waals surface area contributed by atoms with Crippen molar-refractivity contribution in [3.05, 3.63) is 56.9 Å². The number of carbonyl (C=O) groups excluding carboxylic acids is 2. The van der Waals surface area contributed by atoms with Gasteiger partial charge in [-0.2, -0.15) is 0 Å². The van der Waals surface area contributed by atoms with Gasteiger partial charge < -0.3 is 9.15 Å². The molecule has 0 saturated heterocycles. The summed E-state index contributed by atoms with van der Waals surface area (Å²) in [5, 5.41) is 0. The quantitative estimate of drug-likeness (QED) is 0.568. The molecule has 6 heteroatoms. The first-order valence-electron chi connectivity index (χ1n) is 5.73. The SMILES string of the molecule is C[C@@H](OC(=O)c1ccc(Br)o1)C(=O)c1ccc(Br)cc1. The highest BCUT2D eigenvalue weighted by Crippen LogP contribution is 2.17. The maximum Gasteiger partial charge on any atom is 0.374 e. The van der Waals surface area contributed by atoms with E-state index in [0.717, 1.165) is 4.47 Å². The van der Waals surface area contributed by atoms with E-state index in [1.165, 1.54) is 13.0 Å². The van der Waals surface area contributed by atoms with E-state index in [-0.39, 0.29) is 11.5 Å². The summed E-state index contributed by atoms with van der Waals surface area (Å²) in [6, 6.07) is 9.90. The molecule has 0 aliphatic carbocycles. The predicted octanol–water partition coefficient (Wildman–Crippen LogP) is 4.23. The number of carbonyl (C=O) groups is 2. The minimum absolute atomic E-state index is 0.0485. The van der Waals surface area contributed by atoms with E-state index in [4.69, 9.17) is 9.15 Å². The molecule has 1 aromatic heterocycles. The Labute approximate surface area is 132 Å². The summed E-state index contributed by atoms with van der Waals surface area (Å²) in [7, 11) is 0. The Morgan fingerprint density at radius 3 is 2.30 bits per heavy atom. The molecule has 4 nitrogen and oxygen atoms in total. The second-order valence-corrected chi connectivity index (χ2v) is 5.72. The number of furan rings is 1. The second kappa shape index (κ2) is 6.37. The highest BCUT2D eigenvalue weighted by Gasteiger charge is 2.22. The molecule has 0 fully saturated rings. The summed E-state index contributed by atoms with van der Waals surface area (Å²) in [6.07, 6.45) is -0.882. The highest BCUT2D eigenvalue weighted by molar-refractivity contribution is 9.10. The number of benzene rings is 1. The van der Waals surface area contributed by atoms with E-state index in [1.54, 1.807) is 30.3 Å². The number of rotatable bonds is 4. The van der Waals surface area contributed by atoms with Crippen molar-refractivity contribution in [1.29, 1.82) is 0 Å². The smallest absolute Gasteiger partial charge is 0.374 e. The van der Waals surface area contributed by atoms with Crippen LogP contribution in [0.3, 0.4) is 0 Å². The van der Waals surface area contributed by atoms with Gasteiger partial charge in [0.05, 0.1) is 0 Å². The van der Waals surface area contributed by atoms with Crippen LogP contribution in [0.1, 0.15) is 27.8 Å². The van der Waals surface area contributed by atoms with Crippen LogP contribution in [0, 0.1) is 0 Å². The lowest BCUT2D eigenvalue weighted by Gasteiger charge is -2.11. The van der Waals surface area contributed by atoms with Gasteiger partial charge in [-0.25, -0.2) is 4.79 Å². The van der Waals surface area contributed by atoms with Crippen molar-refractivity contribution < 1.29 is 18.7 Å². The van der Waals surface area contributed by atoms with Gasteiger partial charge in [-0.15, -0.1) is 0 Å². The van der Waals surface area contributed by atoms with Crippen molar-refractivity contribution in [1.82, 2.24) is 0 Å². The van der Waals surface area contributed by atoms with E-state index in [9.17, 15) is 9.59 Å². The number of esters is 1. The number of Topliss-reactive ketones (excluding diaryl/α,β-unsaturated/α-hetero) is 1. The van der Waals surface area contributed by atoms with Crippen molar-refractivity contribution in [3.63, 3.8) is 0 Å². The molecule has 0 aliphatic rings. The molecule has 104 valence electrons. The van der Waals surface area contributed by atoms with Crippen molar-refractivity contribution in [2.24, 2.45) is 0 Å². The normalized spacial score (nSPS) is 11.9. The third kappa shape index (κ3) is 3.58. The van der Waals surface area contributed by atoms with Crippen molar-refractivity contribution in [2.75, 3.05) is 0 Å². The Morgan fingerprint density at radius 2 is 1.75 bits per heavy atom. The van der Waals surface area contributed by atoms with Crippen molar-refractivity contribution in [3.8, 4) is 0 Å². The first-order chi connectivity index (χ1) is 9.47. The lowest BCUT2D eigenvalue weighted by atomic mass is 10.1. The average Bonchev–Trinajstić information content (AvgIpc) is 2.85. The van der Waals surface area contributed by atoms with E-state index >= 15 is 0 Å². The molecule has 2 rings (SSSR count). The molecule has 1 aromatic carbocycles. The van der Waals surface area contributed by atoms with Crippen LogP contribution in [-0.2, 0) is 4.74 Å². The Bertz CT molecular complexity index is 631. The number of halogens is 2. The Hall–Kier alpha value is -1.40. The van der Waals surface area contributed by atoms with E-state index < -0.39 is 12.1 Å². The largest absolute Gasteiger partial charge is 0.448 e. The van der Waals surface area contributed by atoms with E-state index in [2.05, 4.69) is 31.9 Å². The van der Waals surface area contributed by atoms with Gasteiger partial charge >= 0.3 is 5.97 Å². The topological polar surface area (TPSA) is 56.5 Å². The number of ether oxygens (including phenoxy) is 1. The number of hydrogen-bond acceptors (Lipinski definition) is 4. The van der Waals surface area contributed by atoms with Crippen LogP contribution in [0.5, 0.6) is 0 Å². The van der Waals surface area contributed by atoms with E-state index in [1.807, 2.05) is 0 Å². The molecule has 0 unspecified atom stereocenters. The lowest BCUT2D eigenvalue weighted by Crippen LogP contribution is -2.24. The minimum Gasteiger partial charge on any atom is -0.448 e. The summed E-state index contributed by atoms with van der Waals surface area (Å²) in [5.41, 5.74) is 0.481. The molecule has 1 atom stereocenters. The molecule has 0 saturated carbocycles. The van der Waals surface area contributed by atoms with E-state index in [0.29, 0.717) is 10.2 Å². The molecule has 20 heavy (non-hydrogen) atoms. The molecule has 0 spiro atoms. The maximum absolute atomic E-state index is 12.1. The average molecular weight is 402 g/mol. The van der Waals surface area contributed by atoms with Crippen LogP contribution in [0.2, 0.25) is 0 Å². The number of hydrogen-bond donors (Lipinski definition) is 0. The van der Waals surface area contributed by atoms with Crippen molar-refractivity contribution >= 4 is 43.6 Å². The van der Waals surface area contributed by atoms with Gasteiger partial charge in [-0.05, 0) is 47.1 Å². The number of ketones is 1. The first-order valence-corrected chi connectivity index (χ1v) is 7.32. The van der Waals surface area contributed by atoms with Crippen LogP contribution in [0.25, 0.3) is 0 Å². The zero-order chi connectivity index (χ0) is 14.7. The molecule has 0 aliphatic heterocycles. The van der Waals surface area contributed by atoms with Gasteiger partial charge in [0.2, 0.25) is 11.5 Å². The zero-order valence-corrected chi connectivity index (χ0v) is 13.6. The Balaban J connectivity index is 2.04. The lowest BCUT2D eigenvalue weighted by molar-refractivity contribution is 0.0288. The molecule has 2 aromatic rings. The molecule has 0 amide bonds. The van der Waals surface area contributed by atoms with Gasteiger partial charge in [0.15, 0.2) is 10.8 Å². The highest BCUT2D eigenvalue weighted by atomic mass is 79.9. The fourth-order valence-electron chi connectivity index (χ4n) is 1.55. The second-order valence-electron chi connectivity index (χ2n) is 4.02. The fraction of sp³-hybridized carbons (Fsp3) is 0.143. The Kier molecular flexibility index (Phi) is 4.77. The summed E-state index contributed by atoms with van der Waals surface area (Å²) in [5.74, 6) is -0.891. The molecule has 1 heterocycles. The van der Waals surface area contributed by atoms with Crippen LogP contribution < -0.4 is 0 Å². The maximum atomic E-state index is 12.1. The van der Waals surface area contributed by atoms with Crippen LogP contribution in [0.15, 0.2) is 50.0 Å². The standard InChI is InChI=1S/C14H10Br2O4/c1-8(13(17)9-2-4-10(15)5-3-9)19-14(18)11-6-7-12(16)20-11/h2-8H,1H3/t8-/m1/s1. The molecular formula is C14H10Br2O4. The molecular weight excluding hydrogens is 392 g/mol.